The van der Waals surface area contributed by atoms with Gasteiger partial charge in [-0.2, -0.15) is 13.2 Å². The van der Waals surface area contributed by atoms with Crippen LogP contribution in [0.2, 0.25) is 0 Å². The Morgan fingerprint density at radius 3 is 2.58 bits per heavy atom. The van der Waals surface area contributed by atoms with E-state index in [1.165, 1.54) is 41.9 Å². The molecule has 2 heterocycles. The number of carboxylic acids is 1. The molecule has 9 nitrogen and oxygen atoms in total. The number of halogens is 3. The van der Waals surface area contributed by atoms with E-state index in [1.807, 2.05) is 0 Å². The van der Waals surface area contributed by atoms with Crippen molar-refractivity contribution in [2.24, 2.45) is 13.0 Å². The Morgan fingerprint density at radius 2 is 1.89 bits per heavy atom. The van der Waals surface area contributed by atoms with Crippen LogP contribution in [0, 0.1) is 5.92 Å². The number of amides is 3. The molecule has 0 saturated carbocycles. The molecule has 3 aromatic rings. The molecule has 1 aliphatic carbocycles. The highest BCUT2D eigenvalue weighted by Crippen LogP contribution is 2.43. The van der Waals surface area contributed by atoms with Gasteiger partial charge in [0.2, 0.25) is 5.91 Å². The van der Waals surface area contributed by atoms with Crippen LogP contribution < -0.4 is 10.7 Å². The van der Waals surface area contributed by atoms with Crippen molar-refractivity contribution in [3.63, 3.8) is 0 Å². The normalized spacial score (nSPS) is 20.7. The van der Waals surface area contributed by atoms with Crippen LogP contribution in [0.15, 0.2) is 45.6 Å². The standard InChI is InChI=1S/C24H20F3N3O6/c1-28-18-9-8-12(10-19(18)36-23(28)35)29-11-15(21(32)33)20(31)30(22(29)34)17-7-3-4-13-14(17)5-2-6-16(13)24(25,26)27/h2,5-6,8-10,15,17H,3-4,7,11H2,1H3,(H,32,33)/t15?,17-/m1/s1. The number of hydrogen-bond acceptors (Lipinski definition) is 5. The molecule has 12 heteroatoms. The molecule has 0 spiro atoms. The van der Waals surface area contributed by atoms with Gasteiger partial charge in [-0.25, -0.2) is 9.59 Å². The van der Waals surface area contributed by atoms with Crippen molar-refractivity contribution in [1.29, 1.82) is 0 Å². The van der Waals surface area contributed by atoms with Crippen molar-refractivity contribution in [3.8, 4) is 0 Å². The molecule has 1 N–H and O–H groups in total. The monoisotopic (exact) mass is 503 g/mol. The Bertz CT molecular complexity index is 1470. The zero-order chi connectivity index (χ0) is 25.9. The number of imide groups is 1. The topological polar surface area (TPSA) is 113 Å². The summed E-state index contributed by atoms with van der Waals surface area (Å²) in [6.07, 6.45) is -4.03. The highest BCUT2D eigenvalue weighted by Gasteiger charge is 2.48. The summed E-state index contributed by atoms with van der Waals surface area (Å²) >= 11 is 0. The number of rotatable bonds is 3. The van der Waals surface area contributed by atoms with Gasteiger partial charge in [-0.1, -0.05) is 12.1 Å². The molecule has 36 heavy (non-hydrogen) atoms. The molecule has 3 amide bonds. The lowest BCUT2D eigenvalue weighted by atomic mass is 9.83. The summed E-state index contributed by atoms with van der Waals surface area (Å²) in [5.41, 5.74) is 0.118. The fourth-order valence-corrected chi connectivity index (χ4v) is 5.07. The van der Waals surface area contributed by atoms with E-state index in [2.05, 4.69) is 0 Å². The molecule has 2 aliphatic rings. The quantitative estimate of drug-likeness (QED) is 0.546. The number of urea groups is 1. The van der Waals surface area contributed by atoms with Gasteiger partial charge in [-0.3, -0.25) is 24.0 Å². The van der Waals surface area contributed by atoms with Gasteiger partial charge in [0.1, 0.15) is 0 Å². The number of aromatic nitrogens is 1. The van der Waals surface area contributed by atoms with E-state index in [0.29, 0.717) is 5.52 Å². The SMILES string of the molecule is Cn1c(=O)oc2cc(N3CC(C(=O)O)C(=O)N([C@@H]4CCCc5c4cccc5C(F)(F)F)C3=O)ccc21. The van der Waals surface area contributed by atoms with Crippen LogP contribution in [-0.2, 0) is 29.2 Å². The molecular weight excluding hydrogens is 483 g/mol. The van der Waals surface area contributed by atoms with Crippen LogP contribution in [0.3, 0.4) is 0 Å². The van der Waals surface area contributed by atoms with E-state index in [1.54, 1.807) is 0 Å². The number of nitrogens with zero attached hydrogens (tertiary/aromatic N) is 3. The molecule has 5 rings (SSSR count). The summed E-state index contributed by atoms with van der Waals surface area (Å²) in [7, 11) is 1.50. The molecule has 1 aliphatic heterocycles. The van der Waals surface area contributed by atoms with Crippen LogP contribution in [0.25, 0.3) is 11.1 Å². The minimum absolute atomic E-state index is 0.00155. The van der Waals surface area contributed by atoms with Gasteiger partial charge in [0, 0.05) is 18.8 Å². The lowest BCUT2D eigenvalue weighted by molar-refractivity contribution is -0.151. The first-order valence-corrected chi connectivity index (χ1v) is 11.1. The molecule has 188 valence electrons. The summed E-state index contributed by atoms with van der Waals surface area (Å²) in [5.74, 6) is -4.70. The number of hydrogen-bond donors (Lipinski definition) is 1. The van der Waals surface area contributed by atoms with Crippen LogP contribution in [0.4, 0.5) is 23.7 Å². The first-order valence-electron chi connectivity index (χ1n) is 11.1. The Labute approximate surface area is 201 Å². The van der Waals surface area contributed by atoms with Crippen molar-refractivity contribution >= 4 is 34.7 Å². The summed E-state index contributed by atoms with van der Waals surface area (Å²) < 4.78 is 47.3. The second kappa shape index (κ2) is 8.25. The van der Waals surface area contributed by atoms with E-state index >= 15 is 0 Å². The molecule has 1 saturated heterocycles. The number of carbonyl (C=O) groups excluding carboxylic acids is 2. The molecule has 0 radical (unpaired) electrons. The van der Waals surface area contributed by atoms with Gasteiger partial charge in [0.25, 0.3) is 0 Å². The third-order valence-electron chi connectivity index (χ3n) is 6.82. The van der Waals surface area contributed by atoms with Crippen LogP contribution in [0.1, 0.15) is 35.6 Å². The van der Waals surface area contributed by atoms with E-state index < -0.39 is 53.9 Å². The van der Waals surface area contributed by atoms with E-state index in [4.69, 9.17) is 4.42 Å². The largest absolute Gasteiger partial charge is 0.481 e. The predicted molar refractivity (Wildman–Crippen MR) is 119 cm³/mol. The lowest BCUT2D eigenvalue weighted by Gasteiger charge is -2.42. The number of benzene rings is 2. The maximum Gasteiger partial charge on any atom is 0.419 e. The van der Waals surface area contributed by atoms with E-state index in [9.17, 15) is 37.5 Å². The third-order valence-corrected chi connectivity index (χ3v) is 6.82. The molecule has 2 atom stereocenters. The van der Waals surface area contributed by atoms with Gasteiger partial charge in [0.05, 0.1) is 23.7 Å². The summed E-state index contributed by atoms with van der Waals surface area (Å²) in [5, 5.41) is 9.74. The molecular formula is C24H20F3N3O6. The van der Waals surface area contributed by atoms with Gasteiger partial charge < -0.3 is 9.52 Å². The first kappa shape index (κ1) is 23.6. The highest BCUT2D eigenvalue weighted by atomic mass is 19.4. The number of anilines is 1. The number of alkyl halides is 3. The average Bonchev–Trinajstić information content (AvgIpc) is 3.10. The number of carbonyl (C=O) groups is 3. The van der Waals surface area contributed by atoms with Crippen molar-refractivity contribution in [2.75, 3.05) is 11.4 Å². The summed E-state index contributed by atoms with van der Waals surface area (Å²) in [4.78, 5) is 52.5. The smallest absolute Gasteiger partial charge is 0.419 e. The van der Waals surface area contributed by atoms with Crippen molar-refractivity contribution < 1.29 is 37.1 Å². The third kappa shape index (κ3) is 3.64. The first-order chi connectivity index (χ1) is 17.0. The van der Waals surface area contributed by atoms with Gasteiger partial charge in [0.15, 0.2) is 11.5 Å². The van der Waals surface area contributed by atoms with Crippen LogP contribution >= 0.6 is 0 Å². The zero-order valence-corrected chi connectivity index (χ0v) is 18.9. The second-order valence-corrected chi connectivity index (χ2v) is 8.85. The van der Waals surface area contributed by atoms with Crippen molar-refractivity contribution in [1.82, 2.24) is 9.47 Å². The van der Waals surface area contributed by atoms with Crippen LogP contribution in [0.5, 0.6) is 0 Å². The number of aryl methyl sites for hydroxylation is 1. The highest BCUT2D eigenvalue weighted by molar-refractivity contribution is 6.12. The van der Waals surface area contributed by atoms with Gasteiger partial charge in [-0.15, -0.1) is 0 Å². The number of aliphatic carboxylic acids is 1. The Hall–Kier alpha value is -4.09. The molecule has 2 aromatic carbocycles. The molecule has 1 fully saturated rings. The molecule has 1 unspecified atom stereocenters. The Morgan fingerprint density at radius 1 is 1.14 bits per heavy atom. The molecule has 1 aromatic heterocycles. The number of carboxylic acid groups (broad SMARTS) is 1. The Balaban J connectivity index is 1.61. The van der Waals surface area contributed by atoms with Gasteiger partial charge in [-0.05, 0) is 48.6 Å². The Kier molecular flexibility index (Phi) is 5.42. The summed E-state index contributed by atoms with van der Waals surface area (Å²) in [6.45, 7) is -0.478. The fraction of sp³-hybridized carbons (Fsp3) is 0.333. The minimum Gasteiger partial charge on any atom is -0.481 e. The van der Waals surface area contributed by atoms with Crippen molar-refractivity contribution in [2.45, 2.75) is 31.5 Å². The molecule has 0 bridgehead atoms. The maximum absolute atomic E-state index is 13.6. The lowest BCUT2D eigenvalue weighted by Crippen LogP contribution is -2.60. The minimum atomic E-state index is -4.62. The fourth-order valence-electron chi connectivity index (χ4n) is 5.07. The number of fused-ring (bicyclic) bond motifs is 2. The van der Waals surface area contributed by atoms with Crippen LogP contribution in [-0.4, -0.2) is 39.0 Å². The average molecular weight is 503 g/mol. The predicted octanol–water partition coefficient (Wildman–Crippen LogP) is 3.70. The summed E-state index contributed by atoms with van der Waals surface area (Å²) in [6, 6.07) is 6.09. The van der Waals surface area contributed by atoms with E-state index in [-0.39, 0.29) is 41.7 Å². The number of oxazole rings is 1. The maximum atomic E-state index is 13.6. The van der Waals surface area contributed by atoms with Gasteiger partial charge >= 0.3 is 23.9 Å². The van der Waals surface area contributed by atoms with E-state index in [0.717, 1.165) is 15.9 Å². The zero-order valence-electron chi connectivity index (χ0n) is 18.9. The second-order valence-electron chi connectivity index (χ2n) is 8.85. The van der Waals surface area contributed by atoms with Crippen molar-refractivity contribution in [3.05, 3.63) is 63.6 Å².